The van der Waals surface area contributed by atoms with Gasteiger partial charge in [0.05, 0.1) is 5.56 Å². The molecule has 3 nitrogen and oxygen atoms in total. The number of carbonyl (C=O) groups excluding carboxylic acids is 1. The summed E-state index contributed by atoms with van der Waals surface area (Å²) in [5.41, 5.74) is 2.66. The molecule has 20 heavy (non-hydrogen) atoms. The van der Waals surface area contributed by atoms with Crippen molar-refractivity contribution in [1.29, 1.82) is 0 Å². The summed E-state index contributed by atoms with van der Waals surface area (Å²) in [6, 6.07) is 12.7. The largest absolute Gasteiger partial charge is 0.507 e. The molecule has 0 fully saturated rings. The third-order valence-electron chi connectivity index (χ3n) is 2.72. The maximum atomic E-state index is 12.1. The number of hydrogen-bond acceptors (Lipinski definition) is 2. The highest BCUT2D eigenvalue weighted by atomic mass is 16.3. The van der Waals surface area contributed by atoms with Gasteiger partial charge in [-0.25, -0.2) is 0 Å². The fraction of sp³-hybridized carbons (Fsp3) is 0.235. The highest BCUT2D eigenvalue weighted by Crippen LogP contribution is 2.24. The fourth-order valence-electron chi connectivity index (χ4n) is 1.85. The minimum absolute atomic E-state index is 0.0361. The molecule has 0 heterocycles. The Hall–Kier alpha value is -2.29. The Morgan fingerprint density at radius 1 is 1.05 bits per heavy atom. The molecule has 3 heteroatoms. The molecule has 0 radical (unpaired) electrons. The third kappa shape index (κ3) is 3.85. The first-order valence-corrected chi connectivity index (χ1v) is 6.74. The Balaban J connectivity index is 0.000000956. The number of carbonyl (C=O) groups is 1. The van der Waals surface area contributed by atoms with Gasteiger partial charge in [0, 0.05) is 5.69 Å². The summed E-state index contributed by atoms with van der Waals surface area (Å²) in [4.78, 5) is 12.1. The molecule has 2 N–H and O–H groups in total. The van der Waals surface area contributed by atoms with Crippen LogP contribution in [0.4, 0.5) is 5.69 Å². The van der Waals surface area contributed by atoms with Crippen LogP contribution in [0.25, 0.3) is 0 Å². The number of phenolic OH excluding ortho intramolecular Hbond substituents is 1. The Morgan fingerprint density at radius 2 is 1.65 bits per heavy atom. The molecular formula is C17H21NO2. The van der Waals surface area contributed by atoms with Gasteiger partial charge in [-0.1, -0.05) is 38.1 Å². The molecule has 2 rings (SSSR count). The van der Waals surface area contributed by atoms with Crippen molar-refractivity contribution in [2.45, 2.75) is 27.7 Å². The zero-order valence-electron chi connectivity index (χ0n) is 12.4. The van der Waals surface area contributed by atoms with Gasteiger partial charge in [-0.3, -0.25) is 4.79 Å². The van der Waals surface area contributed by atoms with E-state index in [2.05, 4.69) is 5.32 Å². The molecule has 0 aromatic heterocycles. The van der Waals surface area contributed by atoms with E-state index in [1.54, 1.807) is 25.1 Å². The molecule has 0 aliphatic heterocycles. The number of aromatic hydroxyl groups is 1. The Morgan fingerprint density at radius 3 is 2.25 bits per heavy atom. The number of anilines is 1. The van der Waals surface area contributed by atoms with Crippen molar-refractivity contribution in [3.63, 3.8) is 0 Å². The molecule has 2 aromatic carbocycles. The van der Waals surface area contributed by atoms with E-state index in [0.29, 0.717) is 16.8 Å². The summed E-state index contributed by atoms with van der Waals surface area (Å²) in [5.74, 6) is -0.264. The number of aryl methyl sites for hydroxylation is 2. The van der Waals surface area contributed by atoms with Crippen molar-refractivity contribution < 1.29 is 9.90 Å². The first-order chi connectivity index (χ1) is 9.58. The van der Waals surface area contributed by atoms with Crippen molar-refractivity contribution in [1.82, 2.24) is 0 Å². The smallest absolute Gasteiger partial charge is 0.259 e. The average molecular weight is 271 g/mol. The summed E-state index contributed by atoms with van der Waals surface area (Å²) in [6.07, 6.45) is 0. The summed E-state index contributed by atoms with van der Waals surface area (Å²) in [5, 5.41) is 12.7. The average Bonchev–Trinajstić information content (AvgIpc) is 2.46. The first-order valence-electron chi connectivity index (χ1n) is 6.74. The normalized spacial score (nSPS) is 9.40. The number of amides is 1. The lowest BCUT2D eigenvalue weighted by atomic mass is 10.0. The molecule has 0 aliphatic carbocycles. The number of nitrogens with one attached hydrogen (secondary N) is 1. The molecule has 0 spiro atoms. The van der Waals surface area contributed by atoms with Crippen molar-refractivity contribution in [2.75, 3.05) is 5.32 Å². The third-order valence-corrected chi connectivity index (χ3v) is 2.72. The highest BCUT2D eigenvalue weighted by Gasteiger charge is 2.13. The van der Waals surface area contributed by atoms with Crippen LogP contribution in [0.1, 0.15) is 35.3 Å². The van der Waals surface area contributed by atoms with E-state index < -0.39 is 0 Å². The highest BCUT2D eigenvalue weighted by molar-refractivity contribution is 6.06. The quantitative estimate of drug-likeness (QED) is 0.856. The lowest BCUT2D eigenvalue weighted by Crippen LogP contribution is -2.12. The van der Waals surface area contributed by atoms with Crippen LogP contribution in [0, 0.1) is 13.8 Å². The second-order valence-corrected chi connectivity index (χ2v) is 4.30. The minimum atomic E-state index is -0.300. The molecule has 0 unspecified atom stereocenters. The summed E-state index contributed by atoms with van der Waals surface area (Å²) >= 11 is 0. The Bertz CT molecular complexity index is 577. The van der Waals surface area contributed by atoms with Crippen LogP contribution in [-0.4, -0.2) is 11.0 Å². The zero-order chi connectivity index (χ0) is 15.1. The number of benzene rings is 2. The van der Waals surface area contributed by atoms with Gasteiger partial charge in [-0.05, 0) is 43.2 Å². The Kier molecular flexibility index (Phi) is 5.78. The van der Waals surface area contributed by atoms with E-state index >= 15 is 0 Å². The fourth-order valence-corrected chi connectivity index (χ4v) is 1.85. The number of para-hydroxylation sites is 1. The molecular weight excluding hydrogens is 250 g/mol. The van der Waals surface area contributed by atoms with Crippen LogP contribution in [-0.2, 0) is 0 Å². The monoisotopic (exact) mass is 271 g/mol. The van der Waals surface area contributed by atoms with Gasteiger partial charge in [0.2, 0.25) is 0 Å². The number of rotatable bonds is 2. The number of hydrogen-bond donors (Lipinski definition) is 2. The molecule has 1 amide bonds. The van der Waals surface area contributed by atoms with Gasteiger partial charge < -0.3 is 10.4 Å². The lowest BCUT2D eigenvalue weighted by molar-refractivity contribution is 0.102. The molecule has 0 atom stereocenters. The van der Waals surface area contributed by atoms with Crippen LogP contribution >= 0.6 is 0 Å². The second-order valence-electron chi connectivity index (χ2n) is 4.30. The molecule has 2 aromatic rings. The van der Waals surface area contributed by atoms with E-state index in [4.69, 9.17) is 0 Å². The van der Waals surface area contributed by atoms with Crippen LogP contribution in [0.3, 0.4) is 0 Å². The van der Waals surface area contributed by atoms with Crippen LogP contribution in [0.2, 0.25) is 0 Å². The molecule has 0 saturated heterocycles. The van der Waals surface area contributed by atoms with Crippen molar-refractivity contribution in [3.8, 4) is 5.75 Å². The number of phenols is 1. The molecule has 106 valence electrons. The van der Waals surface area contributed by atoms with Crippen LogP contribution in [0.15, 0.2) is 42.5 Å². The summed E-state index contributed by atoms with van der Waals surface area (Å²) < 4.78 is 0. The zero-order valence-corrected chi connectivity index (χ0v) is 12.4. The molecule has 0 bridgehead atoms. The van der Waals surface area contributed by atoms with E-state index in [0.717, 1.165) is 5.56 Å². The van der Waals surface area contributed by atoms with Crippen molar-refractivity contribution in [2.24, 2.45) is 0 Å². The van der Waals surface area contributed by atoms with E-state index in [-0.39, 0.29) is 11.7 Å². The van der Waals surface area contributed by atoms with Gasteiger partial charge in [-0.2, -0.15) is 0 Å². The SMILES string of the molecule is CC.Cc1cc(C)c(O)c(C(=O)Nc2ccccc2)c1. The van der Waals surface area contributed by atoms with Crippen molar-refractivity contribution >= 4 is 11.6 Å². The van der Waals surface area contributed by atoms with E-state index in [1.165, 1.54) is 0 Å². The maximum Gasteiger partial charge on any atom is 0.259 e. The van der Waals surface area contributed by atoms with Gasteiger partial charge >= 0.3 is 0 Å². The van der Waals surface area contributed by atoms with Crippen LogP contribution < -0.4 is 5.32 Å². The van der Waals surface area contributed by atoms with Crippen LogP contribution in [0.5, 0.6) is 5.75 Å². The Labute approximate surface area is 120 Å². The van der Waals surface area contributed by atoms with E-state index in [1.807, 2.05) is 45.0 Å². The van der Waals surface area contributed by atoms with Gasteiger partial charge in [-0.15, -0.1) is 0 Å². The molecule has 0 saturated carbocycles. The summed E-state index contributed by atoms with van der Waals surface area (Å²) in [7, 11) is 0. The maximum absolute atomic E-state index is 12.1. The minimum Gasteiger partial charge on any atom is -0.507 e. The van der Waals surface area contributed by atoms with Gasteiger partial charge in [0.15, 0.2) is 0 Å². The van der Waals surface area contributed by atoms with Gasteiger partial charge in [0.25, 0.3) is 5.91 Å². The predicted octanol–water partition coefficient (Wildman–Crippen LogP) is 4.29. The van der Waals surface area contributed by atoms with Crippen molar-refractivity contribution in [3.05, 3.63) is 59.2 Å². The predicted molar refractivity (Wildman–Crippen MR) is 83.3 cm³/mol. The topological polar surface area (TPSA) is 49.3 Å². The second kappa shape index (κ2) is 7.34. The van der Waals surface area contributed by atoms with E-state index in [9.17, 15) is 9.90 Å². The standard InChI is InChI=1S/C15H15NO2.C2H6/c1-10-8-11(2)14(17)13(9-10)15(18)16-12-6-4-3-5-7-12;1-2/h3-9,17H,1-2H3,(H,16,18);1-2H3. The lowest BCUT2D eigenvalue weighted by Gasteiger charge is -2.09. The first kappa shape index (κ1) is 15.8. The molecule has 0 aliphatic rings. The summed E-state index contributed by atoms with van der Waals surface area (Å²) in [6.45, 7) is 7.67. The van der Waals surface area contributed by atoms with Gasteiger partial charge in [0.1, 0.15) is 5.75 Å².